The fraction of sp³-hybridized carbons (Fsp3) is 0. The molecular formula is C14H13NO6. The van der Waals surface area contributed by atoms with Gasteiger partial charge in [-0.1, -0.05) is 12.1 Å². The minimum absolute atomic E-state index is 0.0671. The van der Waals surface area contributed by atoms with Gasteiger partial charge >= 0.3 is 11.9 Å². The highest BCUT2D eigenvalue weighted by atomic mass is 16.4. The average molecular weight is 291 g/mol. The van der Waals surface area contributed by atoms with Crippen LogP contribution in [0, 0.1) is 0 Å². The van der Waals surface area contributed by atoms with E-state index in [9.17, 15) is 9.59 Å². The molecule has 0 amide bonds. The van der Waals surface area contributed by atoms with Crippen molar-refractivity contribution in [1.29, 1.82) is 0 Å². The number of nitrogens with two attached hydrogens (primary N) is 1. The van der Waals surface area contributed by atoms with E-state index in [4.69, 9.17) is 26.2 Å². The second kappa shape index (κ2) is 6.80. The summed E-state index contributed by atoms with van der Waals surface area (Å²) in [5.41, 5.74) is 5.41. The number of para-hydroxylation sites is 1. The Bertz CT molecular complexity index is 668. The summed E-state index contributed by atoms with van der Waals surface area (Å²) in [4.78, 5) is 20.6. The predicted octanol–water partition coefficient (Wildman–Crippen LogP) is 1.76. The fourth-order valence-electron chi connectivity index (χ4n) is 1.38. The molecule has 2 aromatic rings. The lowest BCUT2D eigenvalue weighted by Gasteiger charge is -1.98. The van der Waals surface area contributed by atoms with Crippen LogP contribution < -0.4 is 5.73 Å². The van der Waals surface area contributed by atoms with Crippen LogP contribution in [0.25, 0.3) is 0 Å². The van der Waals surface area contributed by atoms with E-state index in [0.29, 0.717) is 5.69 Å². The van der Waals surface area contributed by atoms with E-state index in [0.717, 1.165) is 0 Å². The van der Waals surface area contributed by atoms with Crippen LogP contribution in [0.3, 0.4) is 0 Å². The van der Waals surface area contributed by atoms with Gasteiger partial charge in [-0.15, -0.1) is 0 Å². The van der Waals surface area contributed by atoms with Gasteiger partial charge in [-0.3, -0.25) is 0 Å². The standard InChI is InChI=1S/C7H7NO3.C7H6O3/c8-4-1-2-5(7(10)11)6(9)3-4;8-6-4-2-1-3-5(6)7(9)10/h1-3,9H,8H2,(H,10,11);1-4,8H,(H,9,10). The van der Waals surface area contributed by atoms with Gasteiger partial charge in [0.05, 0.1) is 0 Å². The Hall–Kier alpha value is -3.22. The van der Waals surface area contributed by atoms with Crippen molar-refractivity contribution in [3.05, 3.63) is 53.6 Å². The fourth-order valence-corrected chi connectivity index (χ4v) is 1.38. The molecule has 7 heteroatoms. The Balaban J connectivity index is 0.000000211. The molecule has 110 valence electrons. The maximum atomic E-state index is 10.3. The Kier molecular flexibility index (Phi) is 5.13. The molecule has 0 bridgehead atoms. The van der Waals surface area contributed by atoms with Gasteiger partial charge in [-0.25, -0.2) is 9.59 Å². The van der Waals surface area contributed by atoms with Crippen molar-refractivity contribution in [2.45, 2.75) is 0 Å². The Labute approximate surface area is 119 Å². The molecule has 0 aliphatic rings. The SMILES string of the molecule is Nc1ccc(C(=O)O)c(O)c1.O=C(O)c1ccccc1O. The second-order valence-electron chi connectivity index (χ2n) is 3.90. The van der Waals surface area contributed by atoms with Crippen molar-refractivity contribution in [1.82, 2.24) is 0 Å². The summed E-state index contributed by atoms with van der Waals surface area (Å²) in [5.74, 6) is -2.78. The van der Waals surface area contributed by atoms with Crippen LogP contribution in [-0.2, 0) is 0 Å². The molecule has 0 heterocycles. The van der Waals surface area contributed by atoms with Gasteiger partial charge in [-0.2, -0.15) is 0 Å². The van der Waals surface area contributed by atoms with Crippen LogP contribution in [0.1, 0.15) is 20.7 Å². The summed E-state index contributed by atoms with van der Waals surface area (Å²) in [6.07, 6.45) is 0. The number of carbonyl (C=O) groups is 2. The zero-order chi connectivity index (χ0) is 16.0. The number of phenols is 2. The number of hydrogen-bond acceptors (Lipinski definition) is 5. The van der Waals surface area contributed by atoms with Crippen LogP contribution in [0.4, 0.5) is 5.69 Å². The van der Waals surface area contributed by atoms with E-state index in [2.05, 4.69) is 0 Å². The first-order chi connectivity index (χ1) is 9.82. The number of aromatic carboxylic acids is 2. The highest BCUT2D eigenvalue weighted by molar-refractivity contribution is 5.91. The zero-order valence-corrected chi connectivity index (χ0v) is 10.7. The number of carboxylic acids is 2. The Morgan fingerprint density at radius 1 is 0.810 bits per heavy atom. The number of aromatic hydroxyl groups is 2. The lowest BCUT2D eigenvalue weighted by atomic mass is 10.2. The largest absolute Gasteiger partial charge is 0.507 e. The van der Waals surface area contributed by atoms with Crippen LogP contribution in [0.15, 0.2) is 42.5 Å². The number of rotatable bonds is 2. The summed E-state index contributed by atoms with van der Waals surface area (Å²) in [5, 5.41) is 34.8. The molecule has 0 aliphatic heterocycles. The van der Waals surface area contributed by atoms with Gasteiger partial charge in [0.1, 0.15) is 22.6 Å². The van der Waals surface area contributed by atoms with Crippen LogP contribution in [-0.4, -0.2) is 32.4 Å². The average Bonchev–Trinajstić information content (AvgIpc) is 2.39. The third-order valence-electron chi connectivity index (χ3n) is 2.39. The molecule has 0 saturated carbocycles. The van der Waals surface area contributed by atoms with Crippen LogP contribution in [0.2, 0.25) is 0 Å². The van der Waals surface area contributed by atoms with E-state index in [-0.39, 0.29) is 22.6 Å². The van der Waals surface area contributed by atoms with Crippen molar-refractivity contribution < 1.29 is 30.0 Å². The first-order valence-electron chi connectivity index (χ1n) is 5.66. The number of carboxylic acid groups (broad SMARTS) is 2. The van der Waals surface area contributed by atoms with Gasteiger partial charge in [0.15, 0.2) is 0 Å². The first-order valence-corrected chi connectivity index (χ1v) is 5.66. The molecule has 7 nitrogen and oxygen atoms in total. The molecule has 0 radical (unpaired) electrons. The molecule has 21 heavy (non-hydrogen) atoms. The van der Waals surface area contributed by atoms with Crippen LogP contribution >= 0.6 is 0 Å². The highest BCUT2D eigenvalue weighted by Crippen LogP contribution is 2.19. The molecule has 2 rings (SSSR count). The minimum Gasteiger partial charge on any atom is -0.507 e. The Morgan fingerprint density at radius 3 is 1.76 bits per heavy atom. The number of nitrogen functional groups attached to an aromatic ring is 1. The van der Waals surface area contributed by atoms with Gasteiger partial charge < -0.3 is 26.2 Å². The monoisotopic (exact) mass is 291 g/mol. The summed E-state index contributed by atoms with van der Waals surface area (Å²) >= 11 is 0. The lowest BCUT2D eigenvalue weighted by molar-refractivity contribution is 0.0682. The molecular weight excluding hydrogens is 278 g/mol. The van der Waals surface area contributed by atoms with Crippen molar-refractivity contribution in [2.75, 3.05) is 5.73 Å². The van der Waals surface area contributed by atoms with Crippen LogP contribution in [0.5, 0.6) is 11.5 Å². The number of benzene rings is 2. The summed E-state index contributed by atoms with van der Waals surface area (Å²) in [6, 6.07) is 9.69. The van der Waals surface area contributed by atoms with E-state index in [1.807, 2.05) is 0 Å². The highest BCUT2D eigenvalue weighted by Gasteiger charge is 2.07. The molecule has 0 aliphatic carbocycles. The normalized spacial score (nSPS) is 9.33. The second-order valence-corrected chi connectivity index (χ2v) is 3.90. The van der Waals surface area contributed by atoms with Gasteiger partial charge in [0, 0.05) is 11.8 Å². The topological polar surface area (TPSA) is 141 Å². The van der Waals surface area contributed by atoms with Crippen molar-refractivity contribution in [3.8, 4) is 11.5 Å². The number of hydrogen-bond donors (Lipinski definition) is 5. The third-order valence-corrected chi connectivity index (χ3v) is 2.39. The molecule has 0 unspecified atom stereocenters. The van der Waals surface area contributed by atoms with Gasteiger partial charge in [0.2, 0.25) is 0 Å². The molecule has 0 atom stereocenters. The summed E-state index contributed by atoms with van der Waals surface area (Å²) in [6.45, 7) is 0. The predicted molar refractivity (Wildman–Crippen MR) is 74.5 cm³/mol. The van der Waals surface area contributed by atoms with E-state index < -0.39 is 11.9 Å². The van der Waals surface area contributed by atoms with Crippen molar-refractivity contribution in [2.24, 2.45) is 0 Å². The van der Waals surface area contributed by atoms with Gasteiger partial charge in [-0.05, 0) is 24.3 Å². The summed E-state index contributed by atoms with van der Waals surface area (Å²) < 4.78 is 0. The molecule has 6 N–H and O–H groups in total. The van der Waals surface area contributed by atoms with Crippen molar-refractivity contribution in [3.63, 3.8) is 0 Å². The summed E-state index contributed by atoms with van der Waals surface area (Å²) in [7, 11) is 0. The molecule has 0 fully saturated rings. The maximum Gasteiger partial charge on any atom is 0.339 e. The molecule has 0 saturated heterocycles. The first kappa shape index (κ1) is 15.8. The van der Waals surface area contributed by atoms with Gasteiger partial charge in [0.25, 0.3) is 0 Å². The smallest absolute Gasteiger partial charge is 0.339 e. The molecule has 0 aromatic heterocycles. The lowest BCUT2D eigenvalue weighted by Crippen LogP contribution is -1.97. The molecule has 2 aromatic carbocycles. The van der Waals surface area contributed by atoms with E-state index >= 15 is 0 Å². The maximum absolute atomic E-state index is 10.3. The number of anilines is 1. The van der Waals surface area contributed by atoms with E-state index in [1.54, 1.807) is 12.1 Å². The molecule has 0 spiro atoms. The zero-order valence-electron chi connectivity index (χ0n) is 10.7. The third kappa shape index (κ3) is 4.43. The quantitative estimate of drug-likeness (QED) is 0.531. The Morgan fingerprint density at radius 2 is 1.33 bits per heavy atom. The minimum atomic E-state index is -1.16. The van der Waals surface area contributed by atoms with Crippen molar-refractivity contribution >= 4 is 17.6 Å². The van der Waals surface area contributed by atoms with E-state index in [1.165, 1.54) is 30.3 Å².